The monoisotopic (exact) mass is 362 g/mol. The van der Waals surface area contributed by atoms with Gasteiger partial charge in [-0.1, -0.05) is 57.2 Å². The van der Waals surface area contributed by atoms with Gasteiger partial charge in [-0.15, -0.1) is 0 Å². The van der Waals surface area contributed by atoms with Crippen LogP contribution in [0.3, 0.4) is 0 Å². The maximum atomic E-state index is 12.2. The second-order valence-electron chi connectivity index (χ2n) is 7.94. The molecule has 1 aromatic heterocycles. The lowest BCUT2D eigenvalue weighted by Crippen LogP contribution is -2.17. The standard InChI is InChI=1S/C23H26N2O2/c1-23(2,3)19-15-22(27)25-20-14-17(12-13-18(19)20)24-21(26)11-7-10-16-8-5-4-6-9-16/h4-6,8-9,12-15H,7,10-11H2,1-3H3,(H,24,26)(H,25,27). The van der Waals surface area contributed by atoms with Gasteiger partial charge < -0.3 is 10.3 Å². The minimum atomic E-state index is -0.130. The van der Waals surface area contributed by atoms with Crippen molar-refractivity contribution in [2.75, 3.05) is 5.32 Å². The van der Waals surface area contributed by atoms with Gasteiger partial charge in [-0.3, -0.25) is 9.59 Å². The summed E-state index contributed by atoms with van der Waals surface area (Å²) in [5, 5.41) is 3.94. The second kappa shape index (κ2) is 7.78. The number of hydrogen-bond donors (Lipinski definition) is 2. The molecule has 27 heavy (non-hydrogen) atoms. The lowest BCUT2D eigenvalue weighted by Gasteiger charge is -2.21. The van der Waals surface area contributed by atoms with Crippen LogP contribution < -0.4 is 10.9 Å². The summed E-state index contributed by atoms with van der Waals surface area (Å²) >= 11 is 0. The first-order chi connectivity index (χ1) is 12.8. The van der Waals surface area contributed by atoms with E-state index in [2.05, 4.69) is 43.2 Å². The number of aromatic amines is 1. The van der Waals surface area contributed by atoms with Gasteiger partial charge in [0.1, 0.15) is 0 Å². The van der Waals surface area contributed by atoms with E-state index in [0.717, 1.165) is 29.3 Å². The summed E-state index contributed by atoms with van der Waals surface area (Å²) in [6.45, 7) is 6.26. The van der Waals surface area contributed by atoms with Gasteiger partial charge in [-0.25, -0.2) is 0 Å². The minimum absolute atomic E-state index is 0.0143. The number of carbonyl (C=O) groups is 1. The van der Waals surface area contributed by atoms with E-state index in [1.807, 2.05) is 36.4 Å². The Labute approximate surface area is 159 Å². The lowest BCUT2D eigenvalue weighted by molar-refractivity contribution is -0.116. The summed E-state index contributed by atoms with van der Waals surface area (Å²) in [4.78, 5) is 27.1. The smallest absolute Gasteiger partial charge is 0.248 e. The number of rotatable bonds is 5. The van der Waals surface area contributed by atoms with Crippen molar-refractivity contribution < 1.29 is 4.79 Å². The molecule has 0 spiro atoms. The minimum Gasteiger partial charge on any atom is -0.326 e. The van der Waals surface area contributed by atoms with Crippen molar-refractivity contribution in [1.82, 2.24) is 4.98 Å². The van der Waals surface area contributed by atoms with E-state index in [1.165, 1.54) is 5.56 Å². The van der Waals surface area contributed by atoms with Crippen LogP contribution in [0.2, 0.25) is 0 Å². The quantitative estimate of drug-likeness (QED) is 0.686. The molecule has 0 fully saturated rings. The molecule has 0 saturated heterocycles. The number of pyridine rings is 1. The van der Waals surface area contributed by atoms with E-state index in [0.29, 0.717) is 12.1 Å². The zero-order chi connectivity index (χ0) is 19.4. The van der Waals surface area contributed by atoms with Crippen molar-refractivity contribution in [2.24, 2.45) is 0 Å². The summed E-state index contributed by atoms with van der Waals surface area (Å²) in [6.07, 6.45) is 2.15. The molecule has 4 heteroatoms. The van der Waals surface area contributed by atoms with E-state index in [4.69, 9.17) is 0 Å². The summed E-state index contributed by atoms with van der Waals surface area (Å²) in [6, 6.07) is 17.5. The third-order valence-corrected chi connectivity index (χ3v) is 4.65. The molecular formula is C23H26N2O2. The number of aryl methyl sites for hydroxylation is 1. The first kappa shape index (κ1) is 18.9. The summed E-state index contributed by atoms with van der Waals surface area (Å²) in [5.74, 6) is -0.0143. The van der Waals surface area contributed by atoms with Crippen LogP contribution in [-0.4, -0.2) is 10.9 Å². The Kier molecular flexibility index (Phi) is 5.45. The molecule has 4 nitrogen and oxygen atoms in total. The Hall–Kier alpha value is -2.88. The van der Waals surface area contributed by atoms with Gasteiger partial charge >= 0.3 is 0 Å². The third-order valence-electron chi connectivity index (χ3n) is 4.65. The third kappa shape index (κ3) is 4.85. The van der Waals surface area contributed by atoms with Crippen LogP contribution >= 0.6 is 0 Å². The zero-order valence-electron chi connectivity index (χ0n) is 16.1. The fourth-order valence-corrected chi connectivity index (χ4v) is 3.28. The predicted molar refractivity (Wildman–Crippen MR) is 111 cm³/mol. The fourth-order valence-electron chi connectivity index (χ4n) is 3.28. The van der Waals surface area contributed by atoms with Gasteiger partial charge in [0.15, 0.2) is 0 Å². The van der Waals surface area contributed by atoms with Gasteiger partial charge in [-0.2, -0.15) is 0 Å². The summed E-state index contributed by atoms with van der Waals surface area (Å²) in [7, 11) is 0. The van der Waals surface area contributed by atoms with Gasteiger partial charge in [0.2, 0.25) is 11.5 Å². The second-order valence-corrected chi connectivity index (χ2v) is 7.94. The van der Waals surface area contributed by atoms with E-state index < -0.39 is 0 Å². The zero-order valence-corrected chi connectivity index (χ0v) is 16.1. The first-order valence-corrected chi connectivity index (χ1v) is 9.34. The molecule has 0 saturated carbocycles. The van der Waals surface area contributed by atoms with Crippen LogP contribution in [0.4, 0.5) is 5.69 Å². The number of fused-ring (bicyclic) bond motifs is 1. The normalized spacial score (nSPS) is 11.5. The first-order valence-electron chi connectivity index (χ1n) is 9.34. The maximum Gasteiger partial charge on any atom is 0.248 e. The number of amides is 1. The van der Waals surface area contributed by atoms with Crippen molar-refractivity contribution in [3.05, 3.63) is 76.1 Å². The highest BCUT2D eigenvalue weighted by Gasteiger charge is 2.18. The summed E-state index contributed by atoms with van der Waals surface area (Å²) < 4.78 is 0. The molecule has 1 heterocycles. The Morgan fingerprint density at radius 3 is 2.48 bits per heavy atom. The molecule has 0 aliphatic carbocycles. The van der Waals surface area contributed by atoms with Crippen molar-refractivity contribution in [3.8, 4) is 0 Å². The van der Waals surface area contributed by atoms with Gasteiger partial charge in [-0.05, 0) is 41.5 Å². The number of H-pyrrole nitrogens is 1. The number of anilines is 1. The highest BCUT2D eigenvalue weighted by atomic mass is 16.1. The molecule has 0 unspecified atom stereocenters. The number of hydrogen-bond acceptors (Lipinski definition) is 2. The highest BCUT2D eigenvalue weighted by Crippen LogP contribution is 2.29. The number of benzene rings is 2. The molecule has 0 radical (unpaired) electrons. The molecule has 2 N–H and O–H groups in total. The van der Waals surface area contributed by atoms with E-state index in [-0.39, 0.29) is 16.9 Å². The molecule has 140 valence electrons. The Bertz CT molecular complexity index is 998. The van der Waals surface area contributed by atoms with Crippen molar-refractivity contribution in [2.45, 2.75) is 45.4 Å². The molecular weight excluding hydrogens is 336 g/mol. The largest absolute Gasteiger partial charge is 0.326 e. The van der Waals surface area contributed by atoms with E-state index >= 15 is 0 Å². The molecule has 0 bridgehead atoms. The number of carbonyl (C=O) groups excluding carboxylic acids is 1. The van der Waals surface area contributed by atoms with Gasteiger partial charge in [0.05, 0.1) is 5.52 Å². The van der Waals surface area contributed by atoms with Crippen molar-refractivity contribution in [3.63, 3.8) is 0 Å². The van der Waals surface area contributed by atoms with Crippen molar-refractivity contribution >= 4 is 22.5 Å². The number of aromatic nitrogens is 1. The highest BCUT2D eigenvalue weighted by molar-refractivity contribution is 5.94. The molecule has 3 rings (SSSR count). The van der Waals surface area contributed by atoms with E-state index in [9.17, 15) is 9.59 Å². The molecule has 0 aliphatic rings. The molecule has 0 atom stereocenters. The Balaban J connectivity index is 1.70. The molecule has 2 aromatic carbocycles. The van der Waals surface area contributed by atoms with Crippen LogP contribution in [0.1, 0.15) is 44.7 Å². The van der Waals surface area contributed by atoms with Crippen LogP contribution in [0.25, 0.3) is 10.9 Å². The SMILES string of the molecule is CC(C)(C)c1cc(=O)[nH]c2cc(NC(=O)CCCc3ccccc3)ccc12. The molecule has 3 aromatic rings. The van der Waals surface area contributed by atoms with Crippen LogP contribution in [0.15, 0.2) is 59.4 Å². The Morgan fingerprint density at radius 2 is 1.78 bits per heavy atom. The predicted octanol–water partition coefficient (Wildman–Crippen LogP) is 4.79. The van der Waals surface area contributed by atoms with Gasteiger partial charge in [0, 0.05) is 23.6 Å². The Morgan fingerprint density at radius 1 is 1.04 bits per heavy atom. The maximum absolute atomic E-state index is 12.2. The lowest BCUT2D eigenvalue weighted by atomic mass is 9.85. The topological polar surface area (TPSA) is 62.0 Å². The van der Waals surface area contributed by atoms with Crippen LogP contribution in [0, 0.1) is 0 Å². The average Bonchev–Trinajstić information content (AvgIpc) is 2.61. The average molecular weight is 362 g/mol. The fraction of sp³-hybridized carbons (Fsp3) is 0.304. The molecule has 0 aliphatic heterocycles. The van der Waals surface area contributed by atoms with Crippen LogP contribution in [0.5, 0.6) is 0 Å². The number of nitrogens with one attached hydrogen (secondary N) is 2. The van der Waals surface area contributed by atoms with E-state index in [1.54, 1.807) is 6.07 Å². The van der Waals surface area contributed by atoms with Crippen LogP contribution in [-0.2, 0) is 16.6 Å². The van der Waals surface area contributed by atoms with Gasteiger partial charge in [0.25, 0.3) is 0 Å². The summed E-state index contributed by atoms with van der Waals surface area (Å²) in [5.41, 5.74) is 3.43. The molecule has 1 amide bonds. The van der Waals surface area contributed by atoms with Crippen molar-refractivity contribution in [1.29, 1.82) is 0 Å².